The second-order valence-corrected chi connectivity index (χ2v) is 7.76. The molecular weight excluding hydrogens is 352 g/mol. The van der Waals surface area contributed by atoms with Crippen molar-refractivity contribution in [3.05, 3.63) is 66.1 Å². The maximum absolute atomic E-state index is 12.2. The summed E-state index contributed by atoms with van der Waals surface area (Å²) < 4.78 is 11.7. The fourth-order valence-electron chi connectivity index (χ4n) is 4.15. The molecule has 1 N–H and O–H groups in total. The molecule has 4 rings (SSSR count). The molecule has 3 heterocycles. The zero-order valence-electron chi connectivity index (χ0n) is 16.2. The Labute approximate surface area is 166 Å². The molecule has 0 saturated carbocycles. The zero-order valence-corrected chi connectivity index (χ0v) is 16.2. The number of nitrogens with zero attached hydrogens (tertiary/aromatic N) is 1. The van der Waals surface area contributed by atoms with E-state index in [4.69, 9.17) is 9.15 Å². The molecule has 28 heavy (non-hydrogen) atoms. The Bertz CT molecular complexity index is 777. The molecule has 5 nitrogen and oxygen atoms in total. The van der Waals surface area contributed by atoms with Crippen LogP contribution in [0.2, 0.25) is 0 Å². The van der Waals surface area contributed by atoms with E-state index in [-0.39, 0.29) is 17.6 Å². The lowest BCUT2D eigenvalue weighted by Gasteiger charge is -2.38. The summed E-state index contributed by atoms with van der Waals surface area (Å²) in [6, 6.07) is 13.2. The first kappa shape index (κ1) is 19.0. The van der Waals surface area contributed by atoms with E-state index < -0.39 is 0 Å². The molecule has 2 fully saturated rings. The van der Waals surface area contributed by atoms with Crippen molar-refractivity contribution in [3.63, 3.8) is 0 Å². The molecule has 5 heteroatoms. The van der Waals surface area contributed by atoms with Gasteiger partial charge in [0.25, 0.3) is 5.91 Å². The monoisotopic (exact) mass is 380 g/mol. The normalized spacial score (nSPS) is 22.1. The molecule has 2 saturated heterocycles. The summed E-state index contributed by atoms with van der Waals surface area (Å²) in [5, 5.41) is 3.02. The van der Waals surface area contributed by atoms with Crippen LogP contribution in [0.1, 0.15) is 41.8 Å². The molecule has 1 amide bonds. The summed E-state index contributed by atoms with van der Waals surface area (Å²) in [5.74, 6) is 0.872. The number of ether oxygens (including phenoxy) is 1. The number of furan rings is 1. The van der Waals surface area contributed by atoms with Gasteiger partial charge in [0.05, 0.1) is 18.0 Å². The molecule has 148 valence electrons. The minimum atomic E-state index is -0.0247. The fraction of sp³-hybridized carbons (Fsp3) is 0.435. The van der Waals surface area contributed by atoms with Crippen LogP contribution in [0.5, 0.6) is 0 Å². The van der Waals surface area contributed by atoms with Crippen LogP contribution < -0.4 is 5.32 Å². The van der Waals surface area contributed by atoms with Crippen molar-refractivity contribution in [1.82, 2.24) is 10.2 Å². The number of hydrogen-bond acceptors (Lipinski definition) is 4. The van der Waals surface area contributed by atoms with E-state index in [1.54, 1.807) is 6.26 Å². The Kier molecular flexibility index (Phi) is 5.93. The highest BCUT2D eigenvalue weighted by molar-refractivity contribution is 5.94. The number of piperidine rings is 1. The Morgan fingerprint density at radius 3 is 2.71 bits per heavy atom. The third-order valence-electron chi connectivity index (χ3n) is 5.82. The SMILES string of the molecule is O=C(NCC1CCC2(CCN(C/C=C/c3ccco3)CC2)O1)c1ccccc1. The maximum atomic E-state index is 12.2. The van der Waals surface area contributed by atoms with Gasteiger partial charge in [-0.15, -0.1) is 0 Å². The molecule has 1 spiro atoms. The van der Waals surface area contributed by atoms with Crippen LogP contribution >= 0.6 is 0 Å². The maximum Gasteiger partial charge on any atom is 0.251 e. The van der Waals surface area contributed by atoms with Crippen LogP contribution in [0.25, 0.3) is 6.08 Å². The van der Waals surface area contributed by atoms with Crippen molar-refractivity contribution in [2.45, 2.75) is 37.4 Å². The van der Waals surface area contributed by atoms with Crippen LogP contribution in [-0.4, -0.2) is 48.7 Å². The number of amides is 1. The van der Waals surface area contributed by atoms with Crippen LogP contribution in [0.15, 0.2) is 59.2 Å². The topological polar surface area (TPSA) is 54.7 Å². The lowest BCUT2D eigenvalue weighted by molar-refractivity contribution is -0.0740. The summed E-state index contributed by atoms with van der Waals surface area (Å²) in [5.41, 5.74) is 0.703. The van der Waals surface area contributed by atoms with E-state index >= 15 is 0 Å². The number of nitrogens with one attached hydrogen (secondary N) is 1. The predicted octanol–water partition coefficient (Wildman–Crippen LogP) is 3.74. The highest BCUT2D eigenvalue weighted by Gasteiger charge is 2.42. The van der Waals surface area contributed by atoms with Crippen LogP contribution in [0.3, 0.4) is 0 Å². The van der Waals surface area contributed by atoms with Crippen molar-refractivity contribution in [2.75, 3.05) is 26.2 Å². The molecule has 1 aromatic heterocycles. The molecule has 1 aromatic carbocycles. The molecule has 2 aliphatic rings. The molecule has 0 radical (unpaired) electrons. The van der Waals surface area contributed by atoms with Gasteiger partial charge in [0.1, 0.15) is 5.76 Å². The van der Waals surface area contributed by atoms with Gasteiger partial charge < -0.3 is 14.5 Å². The highest BCUT2D eigenvalue weighted by atomic mass is 16.5. The van der Waals surface area contributed by atoms with Gasteiger partial charge in [0.15, 0.2) is 0 Å². The Morgan fingerprint density at radius 1 is 1.14 bits per heavy atom. The first-order valence-electron chi connectivity index (χ1n) is 10.2. The minimum Gasteiger partial charge on any atom is -0.465 e. The Morgan fingerprint density at radius 2 is 1.96 bits per heavy atom. The van der Waals surface area contributed by atoms with E-state index in [9.17, 15) is 4.79 Å². The van der Waals surface area contributed by atoms with Crippen LogP contribution in [0, 0.1) is 0 Å². The van der Waals surface area contributed by atoms with E-state index in [2.05, 4.69) is 16.3 Å². The van der Waals surface area contributed by atoms with Crippen molar-refractivity contribution < 1.29 is 13.9 Å². The van der Waals surface area contributed by atoms with Gasteiger partial charge in [-0.1, -0.05) is 24.3 Å². The van der Waals surface area contributed by atoms with Gasteiger partial charge in [-0.3, -0.25) is 9.69 Å². The smallest absolute Gasteiger partial charge is 0.251 e. The van der Waals surface area contributed by atoms with Gasteiger partial charge in [-0.2, -0.15) is 0 Å². The summed E-state index contributed by atoms with van der Waals surface area (Å²) in [6.45, 7) is 3.62. The largest absolute Gasteiger partial charge is 0.465 e. The standard InChI is InChI=1S/C23H28N2O3/c26-22(19-6-2-1-3-7-19)24-18-21-10-11-23(28-21)12-15-25(16-13-23)14-4-8-20-9-5-17-27-20/h1-9,17,21H,10-16,18H2,(H,24,26)/b8-4+. The van der Waals surface area contributed by atoms with Gasteiger partial charge in [0, 0.05) is 31.7 Å². The average molecular weight is 380 g/mol. The lowest BCUT2D eigenvalue weighted by Crippen LogP contribution is -2.45. The average Bonchev–Trinajstić information content (AvgIpc) is 3.39. The second kappa shape index (κ2) is 8.76. The highest BCUT2D eigenvalue weighted by Crippen LogP contribution is 2.38. The zero-order chi connectivity index (χ0) is 19.2. The molecule has 0 bridgehead atoms. The number of likely N-dealkylation sites (tertiary alicyclic amines) is 1. The minimum absolute atomic E-state index is 0.00334. The molecule has 1 unspecified atom stereocenters. The summed E-state index contributed by atoms with van der Waals surface area (Å²) in [7, 11) is 0. The Hall–Kier alpha value is -2.37. The first-order valence-corrected chi connectivity index (χ1v) is 10.2. The van der Waals surface area contributed by atoms with Crippen LogP contribution in [-0.2, 0) is 4.74 Å². The van der Waals surface area contributed by atoms with E-state index in [1.807, 2.05) is 48.5 Å². The predicted molar refractivity (Wildman–Crippen MR) is 109 cm³/mol. The number of rotatable bonds is 6. The van der Waals surface area contributed by atoms with E-state index in [0.29, 0.717) is 12.1 Å². The second-order valence-electron chi connectivity index (χ2n) is 7.76. The Balaban J connectivity index is 1.19. The molecule has 1 atom stereocenters. The third kappa shape index (κ3) is 4.72. The van der Waals surface area contributed by atoms with Gasteiger partial charge >= 0.3 is 0 Å². The number of carbonyl (C=O) groups is 1. The number of carbonyl (C=O) groups excluding carboxylic acids is 1. The summed E-state index contributed by atoms with van der Waals surface area (Å²) >= 11 is 0. The van der Waals surface area contributed by atoms with E-state index in [0.717, 1.165) is 51.1 Å². The van der Waals surface area contributed by atoms with Gasteiger partial charge in [-0.25, -0.2) is 0 Å². The molecule has 2 aromatic rings. The van der Waals surface area contributed by atoms with Crippen molar-refractivity contribution in [2.24, 2.45) is 0 Å². The molecule has 0 aliphatic carbocycles. The lowest BCUT2D eigenvalue weighted by atomic mass is 9.88. The molecule has 2 aliphatic heterocycles. The molecular formula is C23H28N2O3. The third-order valence-corrected chi connectivity index (χ3v) is 5.82. The summed E-state index contributed by atoms with van der Waals surface area (Å²) in [4.78, 5) is 14.7. The van der Waals surface area contributed by atoms with Crippen molar-refractivity contribution in [1.29, 1.82) is 0 Å². The van der Waals surface area contributed by atoms with E-state index in [1.165, 1.54) is 0 Å². The van der Waals surface area contributed by atoms with Gasteiger partial charge in [0.2, 0.25) is 0 Å². The van der Waals surface area contributed by atoms with Gasteiger partial charge in [-0.05, 0) is 56.0 Å². The number of hydrogen-bond donors (Lipinski definition) is 1. The quantitative estimate of drug-likeness (QED) is 0.830. The van der Waals surface area contributed by atoms with Crippen molar-refractivity contribution >= 4 is 12.0 Å². The first-order chi connectivity index (χ1) is 13.7. The fourth-order valence-corrected chi connectivity index (χ4v) is 4.15. The van der Waals surface area contributed by atoms with Crippen LogP contribution in [0.4, 0.5) is 0 Å². The summed E-state index contributed by atoms with van der Waals surface area (Å²) in [6.07, 6.45) is 10.2. The van der Waals surface area contributed by atoms with Crippen molar-refractivity contribution in [3.8, 4) is 0 Å². The number of benzene rings is 1.